The molecule has 2 atom stereocenters. The van der Waals surface area contributed by atoms with E-state index in [0.717, 1.165) is 25.9 Å². The molecule has 6 heteroatoms. The van der Waals surface area contributed by atoms with E-state index in [0.29, 0.717) is 17.0 Å². The monoisotopic (exact) mass is 358 g/mol. The Morgan fingerprint density at radius 2 is 2.15 bits per heavy atom. The normalized spacial score (nSPS) is 26.3. The molecule has 0 saturated heterocycles. The number of ether oxygens (including phenoxy) is 2. The predicted octanol–water partition coefficient (Wildman–Crippen LogP) is 2.88. The van der Waals surface area contributed by atoms with Crippen LogP contribution in [0.3, 0.4) is 0 Å². The lowest BCUT2D eigenvalue weighted by Crippen LogP contribution is -2.65. The van der Waals surface area contributed by atoms with Crippen molar-refractivity contribution in [3.63, 3.8) is 0 Å². The van der Waals surface area contributed by atoms with Crippen molar-refractivity contribution in [1.82, 2.24) is 5.32 Å². The standard InChI is InChI=1S/C20H26N2O4/c1-2-25-17-11-16(20(17)8-4-3-5-9-20)22-19(24)13-6-7-14-15(10-13)26-12-18(23)21-14/h6-7,10,16-17H,2-5,8-9,11-12H2,1H3,(H,21,23)(H,22,24)/t16-,17-/m1/s1. The van der Waals surface area contributed by atoms with Crippen LogP contribution in [0.2, 0.25) is 0 Å². The number of fused-ring (bicyclic) bond motifs is 1. The van der Waals surface area contributed by atoms with Gasteiger partial charge in [0, 0.05) is 23.6 Å². The number of hydrogen-bond donors (Lipinski definition) is 2. The van der Waals surface area contributed by atoms with Gasteiger partial charge in [0.15, 0.2) is 6.61 Å². The summed E-state index contributed by atoms with van der Waals surface area (Å²) < 4.78 is 11.4. The first kappa shape index (κ1) is 17.3. The number of carbonyl (C=O) groups is 2. The second-order valence-corrected chi connectivity index (χ2v) is 7.55. The van der Waals surface area contributed by atoms with E-state index in [1.54, 1.807) is 18.2 Å². The zero-order valence-corrected chi connectivity index (χ0v) is 15.2. The molecule has 0 unspecified atom stereocenters. The fourth-order valence-electron chi connectivity index (χ4n) is 4.72. The first-order valence-corrected chi connectivity index (χ1v) is 9.61. The Bertz CT molecular complexity index is 712. The Morgan fingerprint density at radius 1 is 1.35 bits per heavy atom. The van der Waals surface area contributed by atoms with Crippen molar-refractivity contribution < 1.29 is 19.1 Å². The van der Waals surface area contributed by atoms with E-state index in [1.165, 1.54) is 19.3 Å². The van der Waals surface area contributed by atoms with Gasteiger partial charge in [0.2, 0.25) is 0 Å². The van der Waals surface area contributed by atoms with Crippen molar-refractivity contribution in [3.8, 4) is 5.75 Å². The van der Waals surface area contributed by atoms with Crippen molar-refractivity contribution in [2.24, 2.45) is 5.41 Å². The number of amides is 2. The molecule has 3 aliphatic rings. The van der Waals surface area contributed by atoms with Gasteiger partial charge >= 0.3 is 0 Å². The number of benzene rings is 1. The van der Waals surface area contributed by atoms with Crippen molar-refractivity contribution in [3.05, 3.63) is 23.8 Å². The molecule has 1 heterocycles. The lowest BCUT2D eigenvalue weighted by molar-refractivity contribution is -0.146. The lowest BCUT2D eigenvalue weighted by atomic mass is 9.55. The van der Waals surface area contributed by atoms with Crippen molar-refractivity contribution in [1.29, 1.82) is 0 Å². The quantitative estimate of drug-likeness (QED) is 0.868. The second kappa shape index (κ2) is 6.91. The largest absolute Gasteiger partial charge is 0.482 e. The molecule has 2 amide bonds. The fourth-order valence-corrected chi connectivity index (χ4v) is 4.72. The Morgan fingerprint density at radius 3 is 2.92 bits per heavy atom. The van der Waals surface area contributed by atoms with E-state index in [4.69, 9.17) is 9.47 Å². The summed E-state index contributed by atoms with van der Waals surface area (Å²) in [7, 11) is 0. The average Bonchev–Trinajstić information content (AvgIpc) is 2.67. The smallest absolute Gasteiger partial charge is 0.262 e. The van der Waals surface area contributed by atoms with Crippen LogP contribution in [0.5, 0.6) is 5.75 Å². The van der Waals surface area contributed by atoms with Gasteiger partial charge in [0.05, 0.1) is 11.8 Å². The minimum Gasteiger partial charge on any atom is -0.482 e. The molecule has 1 spiro atoms. The molecule has 0 bridgehead atoms. The molecule has 2 N–H and O–H groups in total. The van der Waals surface area contributed by atoms with Gasteiger partial charge in [0.1, 0.15) is 5.75 Å². The summed E-state index contributed by atoms with van der Waals surface area (Å²) in [5, 5.41) is 5.98. The van der Waals surface area contributed by atoms with E-state index in [-0.39, 0.29) is 36.0 Å². The minimum atomic E-state index is -0.176. The van der Waals surface area contributed by atoms with Crippen molar-refractivity contribution >= 4 is 17.5 Å². The van der Waals surface area contributed by atoms with E-state index in [1.807, 2.05) is 6.92 Å². The zero-order valence-electron chi connectivity index (χ0n) is 15.2. The molecular formula is C20H26N2O4. The Balaban J connectivity index is 1.47. The van der Waals surface area contributed by atoms with Crippen LogP contribution in [-0.4, -0.2) is 37.2 Å². The minimum absolute atomic E-state index is 0.0140. The van der Waals surface area contributed by atoms with Gasteiger partial charge in [-0.25, -0.2) is 0 Å². The van der Waals surface area contributed by atoms with Gasteiger partial charge in [-0.3, -0.25) is 9.59 Å². The molecule has 2 fully saturated rings. The van der Waals surface area contributed by atoms with Gasteiger partial charge in [-0.1, -0.05) is 19.3 Å². The maximum absolute atomic E-state index is 12.8. The van der Waals surface area contributed by atoms with Gasteiger partial charge in [0.25, 0.3) is 11.8 Å². The fraction of sp³-hybridized carbons (Fsp3) is 0.600. The van der Waals surface area contributed by atoms with Crippen LogP contribution in [0.4, 0.5) is 5.69 Å². The first-order chi connectivity index (χ1) is 12.6. The van der Waals surface area contributed by atoms with Crippen LogP contribution >= 0.6 is 0 Å². The van der Waals surface area contributed by atoms with Crippen LogP contribution in [0.15, 0.2) is 18.2 Å². The van der Waals surface area contributed by atoms with Crippen molar-refractivity contribution in [2.45, 2.75) is 57.6 Å². The molecule has 1 aromatic rings. The third kappa shape index (κ3) is 2.96. The zero-order chi connectivity index (χ0) is 18.1. The number of anilines is 1. The molecule has 0 aromatic heterocycles. The molecule has 2 aliphatic carbocycles. The first-order valence-electron chi connectivity index (χ1n) is 9.61. The summed E-state index contributed by atoms with van der Waals surface area (Å²) in [5.74, 6) is 0.286. The molecule has 140 valence electrons. The topological polar surface area (TPSA) is 76.7 Å². The van der Waals surface area contributed by atoms with Gasteiger partial charge in [-0.2, -0.15) is 0 Å². The van der Waals surface area contributed by atoms with Gasteiger partial charge < -0.3 is 20.1 Å². The summed E-state index contributed by atoms with van der Waals surface area (Å²) in [6, 6.07) is 5.33. The van der Waals surface area contributed by atoms with E-state index in [2.05, 4.69) is 10.6 Å². The number of nitrogens with one attached hydrogen (secondary N) is 2. The molecular weight excluding hydrogens is 332 g/mol. The van der Waals surface area contributed by atoms with Crippen LogP contribution in [-0.2, 0) is 9.53 Å². The predicted molar refractivity (Wildman–Crippen MR) is 97.4 cm³/mol. The Kier molecular flexibility index (Phi) is 4.61. The second-order valence-electron chi connectivity index (χ2n) is 7.55. The third-order valence-corrected chi connectivity index (χ3v) is 6.12. The van der Waals surface area contributed by atoms with Gasteiger partial charge in [-0.05, 0) is 44.4 Å². The summed E-state index contributed by atoms with van der Waals surface area (Å²) in [4.78, 5) is 24.2. The van der Waals surface area contributed by atoms with Gasteiger partial charge in [-0.15, -0.1) is 0 Å². The maximum atomic E-state index is 12.8. The molecule has 4 rings (SSSR count). The third-order valence-electron chi connectivity index (χ3n) is 6.12. The summed E-state index contributed by atoms with van der Waals surface area (Å²) in [6.45, 7) is 2.75. The highest BCUT2D eigenvalue weighted by Crippen LogP contribution is 2.53. The highest BCUT2D eigenvalue weighted by Gasteiger charge is 2.56. The average molecular weight is 358 g/mol. The number of carbonyl (C=O) groups excluding carboxylic acids is 2. The van der Waals surface area contributed by atoms with E-state index < -0.39 is 0 Å². The SMILES string of the molecule is CCO[C@@H]1C[C@@H](NC(=O)c2ccc3c(c2)OCC(=O)N3)C12CCCCC2. The van der Waals surface area contributed by atoms with Crippen LogP contribution in [0.25, 0.3) is 0 Å². The summed E-state index contributed by atoms with van der Waals surface area (Å²) >= 11 is 0. The van der Waals surface area contributed by atoms with Crippen molar-refractivity contribution in [2.75, 3.05) is 18.5 Å². The highest BCUT2D eigenvalue weighted by molar-refractivity contribution is 5.99. The summed E-state index contributed by atoms with van der Waals surface area (Å²) in [5.41, 5.74) is 1.27. The lowest BCUT2D eigenvalue weighted by Gasteiger charge is -2.57. The molecule has 1 aliphatic heterocycles. The summed E-state index contributed by atoms with van der Waals surface area (Å²) in [6.07, 6.45) is 7.10. The molecule has 2 saturated carbocycles. The van der Waals surface area contributed by atoms with E-state index in [9.17, 15) is 9.59 Å². The molecule has 0 radical (unpaired) electrons. The maximum Gasteiger partial charge on any atom is 0.262 e. The van der Waals surface area contributed by atoms with E-state index >= 15 is 0 Å². The van der Waals surface area contributed by atoms with Crippen LogP contribution in [0.1, 0.15) is 55.8 Å². The molecule has 6 nitrogen and oxygen atoms in total. The van der Waals surface area contributed by atoms with Crippen LogP contribution in [0, 0.1) is 5.41 Å². The Labute approximate surface area is 153 Å². The van der Waals surface area contributed by atoms with Crippen LogP contribution < -0.4 is 15.4 Å². The highest BCUT2D eigenvalue weighted by atomic mass is 16.5. The number of hydrogen-bond acceptors (Lipinski definition) is 4. The molecule has 1 aromatic carbocycles. The molecule has 26 heavy (non-hydrogen) atoms. The Hall–Kier alpha value is -2.08. The number of rotatable bonds is 4.